The van der Waals surface area contributed by atoms with Gasteiger partial charge >= 0.3 is 0 Å². The Hall–Kier alpha value is -1.38. The van der Waals surface area contributed by atoms with E-state index in [2.05, 4.69) is 13.2 Å². The first kappa shape index (κ1) is 11.6. The van der Waals surface area contributed by atoms with Gasteiger partial charge in [-0.3, -0.25) is 9.59 Å². The summed E-state index contributed by atoms with van der Waals surface area (Å²) >= 11 is 0. The van der Waals surface area contributed by atoms with Crippen LogP contribution in [0.5, 0.6) is 0 Å². The maximum Gasteiger partial charge on any atom is 0.226 e. The fourth-order valence-electron chi connectivity index (χ4n) is 0.862. The minimum absolute atomic E-state index is 0.0185. The van der Waals surface area contributed by atoms with E-state index in [0.717, 1.165) is 13.0 Å². The minimum Gasteiger partial charge on any atom is -0.320 e. The van der Waals surface area contributed by atoms with Crippen molar-refractivity contribution < 1.29 is 9.59 Å². The molecule has 0 unspecified atom stereocenters. The smallest absolute Gasteiger partial charge is 0.226 e. The number of likely N-dealkylation sites (tertiary alicyclic amines) is 1. The number of hydrogen-bond acceptors (Lipinski definition) is 2. The van der Waals surface area contributed by atoms with Gasteiger partial charge < -0.3 is 4.90 Å². The zero-order valence-corrected chi connectivity index (χ0v) is 7.95. The van der Waals surface area contributed by atoms with Crippen molar-refractivity contribution in [1.29, 1.82) is 0 Å². The first-order valence-electron chi connectivity index (χ1n) is 4.17. The molecule has 0 spiro atoms. The molecule has 0 aromatic carbocycles. The number of carbonyl (C=O) groups is 2. The highest BCUT2D eigenvalue weighted by Crippen LogP contribution is 2.08. The molecule has 1 aliphatic rings. The van der Waals surface area contributed by atoms with Crippen molar-refractivity contribution in [3.05, 3.63) is 25.4 Å². The molecule has 0 atom stereocenters. The number of amides is 1. The van der Waals surface area contributed by atoms with Crippen LogP contribution in [0.3, 0.4) is 0 Å². The van der Waals surface area contributed by atoms with Crippen molar-refractivity contribution in [3.8, 4) is 0 Å². The Morgan fingerprint density at radius 1 is 1.54 bits per heavy atom. The Bertz CT molecular complexity index is 221. The number of nitrogens with zero attached hydrogens (tertiary/aromatic N) is 1. The maximum absolute atomic E-state index is 10.7. The molecule has 72 valence electrons. The molecule has 0 aromatic rings. The summed E-state index contributed by atoms with van der Waals surface area (Å²) < 4.78 is 0. The highest BCUT2D eigenvalue weighted by atomic mass is 16.2. The van der Waals surface area contributed by atoms with Crippen molar-refractivity contribution in [1.82, 2.24) is 4.90 Å². The average Bonchev–Trinajstić information content (AvgIpc) is 2.52. The second kappa shape index (κ2) is 6.17. The third-order valence-corrected chi connectivity index (χ3v) is 1.62. The van der Waals surface area contributed by atoms with Gasteiger partial charge in [-0.05, 0) is 25.6 Å². The van der Waals surface area contributed by atoms with Crippen LogP contribution >= 0.6 is 0 Å². The number of ketones is 1. The monoisotopic (exact) mass is 181 g/mol. The number of rotatable bonds is 2. The molecule has 13 heavy (non-hydrogen) atoms. The van der Waals surface area contributed by atoms with Crippen molar-refractivity contribution in [2.45, 2.75) is 19.8 Å². The molecule has 1 fully saturated rings. The molecule has 0 aromatic heterocycles. The van der Waals surface area contributed by atoms with E-state index in [9.17, 15) is 9.59 Å². The van der Waals surface area contributed by atoms with Gasteiger partial charge in [0.25, 0.3) is 0 Å². The summed E-state index contributed by atoms with van der Waals surface area (Å²) in [4.78, 5) is 22.0. The first-order chi connectivity index (χ1) is 6.11. The molecule has 1 saturated heterocycles. The normalized spacial score (nSPS) is 14.5. The molecule has 0 saturated carbocycles. The van der Waals surface area contributed by atoms with Crippen LogP contribution in [0.2, 0.25) is 0 Å². The van der Waals surface area contributed by atoms with Crippen molar-refractivity contribution in [2.75, 3.05) is 6.54 Å². The van der Waals surface area contributed by atoms with Gasteiger partial charge in [0, 0.05) is 13.0 Å². The summed E-state index contributed by atoms with van der Waals surface area (Å²) in [5.41, 5.74) is 0. The van der Waals surface area contributed by atoms with E-state index in [4.69, 9.17) is 0 Å². The second-order valence-corrected chi connectivity index (χ2v) is 2.69. The lowest BCUT2D eigenvalue weighted by atomic mass is 10.4. The summed E-state index contributed by atoms with van der Waals surface area (Å²) in [6.07, 6.45) is 4.56. The maximum atomic E-state index is 10.7. The van der Waals surface area contributed by atoms with Gasteiger partial charge in [0.15, 0.2) is 5.78 Å². The molecular formula is C10H15NO2. The van der Waals surface area contributed by atoms with Crippen molar-refractivity contribution in [3.63, 3.8) is 0 Å². The van der Waals surface area contributed by atoms with Crippen LogP contribution in [-0.2, 0) is 9.59 Å². The lowest BCUT2D eigenvalue weighted by Crippen LogP contribution is -2.16. The van der Waals surface area contributed by atoms with Crippen LogP contribution < -0.4 is 0 Å². The van der Waals surface area contributed by atoms with Crippen LogP contribution in [0.1, 0.15) is 19.8 Å². The summed E-state index contributed by atoms with van der Waals surface area (Å²) in [6.45, 7) is 9.04. The van der Waals surface area contributed by atoms with Gasteiger partial charge in [-0.15, -0.1) is 0 Å². The fourth-order valence-corrected chi connectivity index (χ4v) is 0.862. The lowest BCUT2D eigenvalue weighted by Gasteiger charge is -2.05. The first-order valence-corrected chi connectivity index (χ1v) is 4.17. The number of carbonyl (C=O) groups excluding carboxylic acids is 2. The molecule has 1 amide bonds. The van der Waals surface area contributed by atoms with Crippen LogP contribution in [0, 0.1) is 0 Å². The third kappa shape index (κ3) is 4.95. The highest BCUT2D eigenvalue weighted by Gasteiger charge is 2.15. The van der Waals surface area contributed by atoms with E-state index < -0.39 is 0 Å². The van der Waals surface area contributed by atoms with Gasteiger partial charge in [-0.2, -0.15) is 0 Å². The Labute approximate surface area is 78.7 Å². The predicted octanol–water partition coefficient (Wildman–Crippen LogP) is 1.51. The van der Waals surface area contributed by atoms with E-state index in [-0.39, 0.29) is 11.7 Å². The Kier molecular flexibility index (Phi) is 5.52. The minimum atomic E-state index is 0.0185. The fraction of sp³-hybridized carbons (Fsp3) is 0.400. The zero-order chi connectivity index (χ0) is 10.3. The largest absolute Gasteiger partial charge is 0.320 e. The van der Waals surface area contributed by atoms with Crippen LogP contribution in [0.15, 0.2) is 25.4 Å². The quantitative estimate of drug-likeness (QED) is 0.605. The topological polar surface area (TPSA) is 37.4 Å². The molecule has 1 rings (SSSR count). The average molecular weight is 181 g/mol. The number of allylic oxidation sites excluding steroid dienone is 1. The van der Waals surface area contributed by atoms with Gasteiger partial charge in [-0.25, -0.2) is 0 Å². The van der Waals surface area contributed by atoms with Gasteiger partial charge in [-0.1, -0.05) is 13.2 Å². The predicted molar refractivity (Wildman–Crippen MR) is 52.0 cm³/mol. The highest BCUT2D eigenvalue weighted by molar-refractivity contribution is 5.86. The van der Waals surface area contributed by atoms with E-state index in [1.807, 2.05) is 0 Å². The SMILES string of the molecule is C=CC(C)=O.C=CN1CCCC1=O. The van der Waals surface area contributed by atoms with E-state index in [1.54, 1.807) is 11.1 Å². The van der Waals surface area contributed by atoms with E-state index >= 15 is 0 Å². The molecule has 3 nitrogen and oxygen atoms in total. The summed E-state index contributed by atoms with van der Waals surface area (Å²) in [5, 5.41) is 0. The van der Waals surface area contributed by atoms with Crippen LogP contribution in [0.4, 0.5) is 0 Å². The van der Waals surface area contributed by atoms with Gasteiger partial charge in [0.1, 0.15) is 0 Å². The van der Waals surface area contributed by atoms with Gasteiger partial charge in [0.05, 0.1) is 0 Å². The molecule has 0 aliphatic carbocycles. The lowest BCUT2D eigenvalue weighted by molar-refractivity contribution is -0.125. The summed E-state index contributed by atoms with van der Waals surface area (Å²) in [5.74, 6) is 0.227. The Morgan fingerprint density at radius 2 is 2.08 bits per heavy atom. The van der Waals surface area contributed by atoms with E-state index in [1.165, 1.54) is 13.0 Å². The zero-order valence-electron chi connectivity index (χ0n) is 7.95. The second-order valence-electron chi connectivity index (χ2n) is 2.69. The molecule has 1 aliphatic heterocycles. The molecular weight excluding hydrogens is 166 g/mol. The Morgan fingerprint density at radius 3 is 2.23 bits per heavy atom. The number of hydrogen-bond donors (Lipinski definition) is 0. The van der Waals surface area contributed by atoms with Gasteiger partial charge in [0.2, 0.25) is 5.91 Å². The molecule has 3 heteroatoms. The van der Waals surface area contributed by atoms with Crippen LogP contribution in [0.25, 0.3) is 0 Å². The molecule has 0 radical (unpaired) electrons. The summed E-state index contributed by atoms with van der Waals surface area (Å²) in [7, 11) is 0. The van der Waals surface area contributed by atoms with Crippen molar-refractivity contribution in [2.24, 2.45) is 0 Å². The Balaban J connectivity index is 0.000000252. The molecule has 0 bridgehead atoms. The van der Waals surface area contributed by atoms with Crippen molar-refractivity contribution >= 4 is 11.7 Å². The summed E-state index contributed by atoms with van der Waals surface area (Å²) in [6, 6.07) is 0. The van der Waals surface area contributed by atoms with E-state index in [0.29, 0.717) is 6.42 Å². The molecule has 1 heterocycles. The third-order valence-electron chi connectivity index (χ3n) is 1.62. The standard InChI is InChI=1S/C6H9NO.C4H6O/c1-2-7-5-3-4-6(7)8;1-3-4(2)5/h2H,1,3-5H2;3H,1H2,2H3. The molecule has 0 N–H and O–H groups in total. The van der Waals surface area contributed by atoms with Crippen LogP contribution in [-0.4, -0.2) is 23.1 Å².